The van der Waals surface area contributed by atoms with E-state index in [2.05, 4.69) is 32.4 Å². The first kappa shape index (κ1) is 35.4. The second kappa shape index (κ2) is 16.5. The van der Waals surface area contributed by atoms with Gasteiger partial charge in [0.15, 0.2) is 0 Å². The van der Waals surface area contributed by atoms with Gasteiger partial charge in [0.25, 0.3) is 11.8 Å². The lowest BCUT2D eigenvalue weighted by atomic mass is 10.0. The van der Waals surface area contributed by atoms with Crippen LogP contribution in [0.2, 0.25) is 5.02 Å². The van der Waals surface area contributed by atoms with Crippen LogP contribution in [-0.2, 0) is 20.9 Å². The number of carbonyl (C=O) groups excluding carboxylic acids is 3. The number of anilines is 1. The van der Waals surface area contributed by atoms with Gasteiger partial charge in [-0.15, -0.1) is 0 Å². The van der Waals surface area contributed by atoms with E-state index in [0.29, 0.717) is 50.8 Å². The van der Waals surface area contributed by atoms with E-state index in [9.17, 15) is 19.5 Å². The average molecular weight is 713 g/mol. The largest absolute Gasteiger partial charge is 0.507 e. The zero-order valence-electron chi connectivity index (χ0n) is 27.8. The van der Waals surface area contributed by atoms with Crippen LogP contribution in [-0.4, -0.2) is 69.9 Å². The predicted octanol–water partition coefficient (Wildman–Crippen LogP) is 5.57. The van der Waals surface area contributed by atoms with Crippen LogP contribution in [0.3, 0.4) is 0 Å². The molecular weight excluding hydrogens is 680 g/mol. The SMILES string of the molecule is [C-]#[N+]CCn1cc(C#Cc2ccc(NC(=O)[C@@H]3COCCN3C(=O)[C@H](NC(=O)c3ccccc3)c3ccccc3)cc2)c(-c2cc(Cl)ccc2O)n1. The Hall–Kier alpha value is -6.40. The molecule has 1 aliphatic rings. The summed E-state index contributed by atoms with van der Waals surface area (Å²) in [6, 6.07) is 27.1. The maximum atomic E-state index is 14.1. The number of ether oxygens (including phenoxy) is 1. The lowest BCUT2D eigenvalue weighted by Gasteiger charge is -2.37. The summed E-state index contributed by atoms with van der Waals surface area (Å²) in [5, 5.41) is 21.2. The lowest BCUT2D eigenvalue weighted by molar-refractivity contribution is -0.148. The van der Waals surface area contributed by atoms with Crippen molar-refractivity contribution in [3.8, 4) is 28.8 Å². The number of aromatic hydroxyl groups is 1. The van der Waals surface area contributed by atoms with Crippen LogP contribution in [0.1, 0.15) is 33.1 Å². The minimum Gasteiger partial charge on any atom is -0.507 e. The van der Waals surface area contributed by atoms with Gasteiger partial charge >= 0.3 is 0 Å². The predicted molar refractivity (Wildman–Crippen MR) is 196 cm³/mol. The number of amides is 3. The molecular formula is C40H33ClN6O5. The molecule has 6 rings (SSSR count). The number of halogens is 1. The summed E-state index contributed by atoms with van der Waals surface area (Å²) in [7, 11) is 0. The second-order valence-electron chi connectivity index (χ2n) is 11.8. The van der Waals surface area contributed by atoms with Crippen molar-refractivity contribution in [1.29, 1.82) is 0 Å². The zero-order chi connectivity index (χ0) is 36.5. The number of phenols is 1. The first-order valence-corrected chi connectivity index (χ1v) is 16.8. The number of nitrogens with zero attached hydrogens (tertiary/aromatic N) is 4. The monoisotopic (exact) mass is 712 g/mol. The molecule has 0 unspecified atom stereocenters. The standard InChI is InChI=1S/C40H33ClN6O5/c1-42-20-21-46-25-30(36(45-46)33-24-31(41)16-19-35(33)48)15-12-27-13-17-32(18-14-27)43-39(50)34-26-52-23-22-47(34)40(51)37(28-8-4-2-5-9-28)44-38(49)29-10-6-3-7-11-29/h2-11,13-14,16-19,24-25,34,37,48H,20-23,26H2,(H,43,50)(H,44,49)/t34-,37+/m0/s1. The van der Waals surface area contributed by atoms with Gasteiger partial charge in [-0.25, -0.2) is 6.57 Å². The number of phenolic OH excluding ortho intramolecular Hbond substituents is 1. The third-order valence-corrected chi connectivity index (χ3v) is 8.55. The Kier molecular flexibility index (Phi) is 11.3. The first-order valence-electron chi connectivity index (χ1n) is 16.4. The molecule has 5 aromatic rings. The van der Waals surface area contributed by atoms with Crippen LogP contribution < -0.4 is 10.6 Å². The van der Waals surface area contributed by atoms with Gasteiger partial charge in [-0.1, -0.05) is 72.0 Å². The van der Waals surface area contributed by atoms with Crippen molar-refractivity contribution in [1.82, 2.24) is 20.0 Å². The summed E-state index contributed by atoms with van der Waals surface area (Å²) in [4.78, 5) is 45.7. The van der Waals surface area contributed by atoms with E-state index in [1.54, 1.807) is 102 Å². The molecule has 0 bridgehead atoms. The molecule has 0 saturated carbocycles. The summed E-state index contributed by atoms with van der Waals surface area (Å²) >= 11 is 6.19. The van der Waals surface area contributed by atoms with Crippen molar-refractivity contribution >= 4 is 35.0 Å². The van der Waals surface area contributed by atoms with Crippen molar-refractivity contribution < 1.29 is 24.2 Å². The number of benzene rings is 4. The molecule has 11 nitrogen and oxygen atoms in total. The topological polar surface area (TPSA) is 130 Å². The molecule has 3 N–H and O–H groups in total. The van der Waals surface area contributed by atoms with Crippen LogP contribution in [0, 0.1) is 18.4 Å². The fraction of sp³-hybridized carbons (Fsp3) is 0.175. The lowest BCUT2D eigenvalue weighted by Crippen LogP contribution is -2.57. The van der Waals surface area contributed by atoms with E-state index in [0.717, 1.165) is 0 Å². The first-order chi connectivity index (χ1) is 25.3. The molecule has 3 amide bonds. The minimum atomic E-state index is -1.02. The van der Waals surface area contributed by atoms with Gasteiger partial charge in [-0.05, 0) is 60.2 Å². The van der Waals surface area contributed by atoms with Crippen LogP contribution in [0.5, 0.6) is 5.75 Å². The molecule has 1 aliphatic heterocycles. The van der Waals surface area contributed by atoms with E-state index in [1.807, 2.05) is 6.07 Å². The van der Waals surface area contributed by atoms with Gasteiger partial charge in [0.05, 0.1) is 18.8 Å². The van der Waals surface area contributed by atoms with Crippen LogP contribution in [0.4, 0.5) is 5.69 Å². The molecule has 0 aliphatic carbocycles. The van der Waals surface area contributed by atoms with Gasteiger partial charge in [-0.3, -0.25) is 19.1 Å². The Labute approximate surface area is 305 Å². The second-order valence-corrected chi connectivity index (χ2v) is 12.3. The summed E-state index contributed by atoms with van der Waals surface area (Å²) in [5.41, 5.74) is 3.52. The number of nitrogens with one attached hydrogen (secondary N) is 2. The molecule has 0 spiro atoms. The van der Waals surface area contributed by atoms with E-state index in [4.69, 9.17) is 22.9 Å². The third kappa shape index (κ3) is 8.48. The quantitative estimate of drug-likeness (QED) is 0.136. The Morgan fingerprint density at radius 2 is 1.73 bits per heavy atom. The fourth-order valence-electron chi connectivity index (χ4n) is 5.67. The number of hydrogen-bond acceptors (Lipinski definition) is 6. The van der Waals surface area contributed by atoms with Gasteiger partial charge in [0.1, 0.15) is 30.1 Å². The summed E-state index contributed by atoms with van der Waals surface area (Å²) in [5.74, 6) is 4.93. The van der Waals surface area contributed by atoms with Crippen LogP contribution in [0.25, 0.3) is 16.1 Å². The Morgan fingerprint density at radius 1 is 1.00 bits per heavy atom. The zero-order valence-corrected chi connectivity index (χ0v) is 28.6. The number of morpholine rings is 1. The number of hydrogen-bond donors (Lipinski definition) is 3. The van der Waals surface area contributed by atoms with Crippen molar-refractivity contribution in [3.05, 3.63) is 148 Å². The van der Waals surface area contributed by atoms with Gasteiger partial charge < -0.3 is 30.2 Å². The molecule has 4 aromatic carbocycles. The average Bonchev–Trinajstić information content (AvgIpc) is 3.59. The molecule has 2 atom stereocenters. The molecule has 52 heavy (non-hydrogen) atoms. The smallest absolute Gasteiger partial charge is 0.252 e. The molecule has 260 valence electrons. The highest BCUT2D eigenvalue weighted by Crippen LogP contribution is 2.33. The van der Waals surface area contributed by atoms with Crippen molar-refractivity contribution in [2.24, 2.45) is 0 Å². The molecule has 12 heteroatoms. The Balaban J connectivity index is 1.18. The Morgan fingerprint density at radius 3 is 2.46 bits per heavy atom. The fourth-order valence-corrected chi connectivity index (χ4v) is 5.84. The highest BCUT2D eigenvalue weighted by atomic mass is 35.5. The maximum absolute atomic E-state index is 14.1. The van der Waals surface area contributed by atoms with E-state index in [1.165, 1.54) is 11.0 Å². The van der Waals surface area contributed by atoms with Crippen molar-refractivity contribution in [2.75, 3.05) is 31.6 Å². The number of carbonyl (C=O) groups is 3. The molecule has 2 heterocycles. The molecule has 0 radical (unpaired) electrons. The minimum absolute atomic E-state index is 0.000808. The summed E-state index contributed by atoms with van der Waals surface area (Å²) < 4.78 is 7.23. The van der Waals surface area contributed by atoms with Gasteiger partial charge in [-0.2, -0.15) is 5.10 Å². The third-order valence-electron chi connectivity index (χ3n) is 8.32. The Bertz CT molecular complexity index is 2170. The summed E-state index contributed by atoms with van der Waals surface area (Å²) in [6.45, 7) is 8.11. The van der Waals surface area contributed by atoms with Crippen LogP contribution in [0.15, 0.2) is 109 Å². The van der Waals surface area contributed by atoms with Gasteiger partial charge in [0, 0.05) is 40.1 Å². The van der Waals surface area contributed by atoms with Crippen molar-refractivity contribution in [3.63, 3.8) is 0 Å². The number of aromatic nitrogens is 2. The van der Waals surface area contributed by atoms with E-state index < -0.39 is 29.8 Å². The number of rotatable bonds is 9. The van der Waals surface area contributed by atoms with E-state index in [-0.39, 0.29) is 32.1 Å². The maximum Gasteiger partial charge on any atom is 0.252 e. The van der Waals surface area contributed by atoms with Crippen molar-refractivity contribution in [2.45, 2.75) is 18.6 Å². The highest BCUT2D eigenvalue weighted by Gasteiger charge is 2.37. The summed E-state index contributed by atoms with van der Waals surface area (Å²) in [6.07, 6.45) is 1.72. The normalized spacial score (nSPS) is 14.3. The molecule has 1 fully saturated rings. The highest BCUT2D eigenvalue weighted by molar-refractivity contribution is 6.31. The molecule has 1 saturated heterocycles. The van der Waals surface area contributed by atoms with E-state index >= 15 is 0 Å². The van der Waals surface area contributed by atoms with Gasteiger partial charge in [0.2, 0.25) is 12.5 Å². The van der Waals surface area contributed by atoms with Crippen LogP contribution >= 0.6 is 11.6 Å². The molecule has 1 aromatic heterocycles.